The molecule has 0 N–H and O–H groups in total. The Morgan fingerprint density at radius 3 is 2.86 bits per heavy atom. The lowest BCUT2D eigenvalue weighted by Gasteiger charge is -1.98. The summed E-state index contributed by atoms with van der Waals surface area (Å²) >= 11 is 1.53. The number of Topliss-reactive ketones (excluding diaryl/α,β-unsaturated/α-hetero) is 1. The fraction of sp³-hybridized carbons (Fsp3) is 0.500. The molecule has 0 bridgehead atoms. The Bertz CT molecular complexity index is 304. The van der Waals surface area contributed by atoms with E-state index in [4.69, 9.17) is 0 Å². The minimum absolute atomic E-state index is 0.215. The Kier molecular flexibility index (Phi) is 5.04. The van der Waals surface area contributed by atoms with Gasteiger partial charge in [0.15, 0.2) is 0 Å². The molecule has 0 saturated heterocycles. The van der Waals surface area contributed by atoms with E-state index in [0.717, 1.165) is 17.1 Å². The van der Waals surface area contributed by atoms with Crippen molar-refractivity contribution in [2.75, 3.05) is 5.75 Å². The Morgan fingerprint density at radius 1 is 1.50 bits per heavy atom. The fourth-order valence-corrected chi connectivity index (χ4v) is 3.29. The number of hydrogen-bond donors (Lipinski definition) is 0. The molecule has 0 aliphatic carbocycles. The molecule has 0 fully saturated rings. The summed E-state index contributed by atoms with van der Waals surface area (Å²) in [4.78, 5) is 10.6. The third kappa shape index (κ3) is 4.15. The fourth-order valence-electron chi connectivity index (χ4n) is 1.10. The first-order valence-corrected chi connectivity index (χ1v) is 6.81. The minimum Gasteiger partial charge on any atom is -0.300 e. The molecule has 0 aliphatic rings. The molecule has 2 nitrogen and oxygen atoms in total. The molecule has 0 saturated carbocycles. The lowest BCUT2D eigenvalue weighted by Crippen LogP contribution is -1.97. The summed E-state index contributed by atoms with van der Waals surface area (Å²) in [5, 5.41) is 1.93. The number of ketones is 1. The van der Waals surface area contributed by atoms with E-state index in [0.29, 0.717) is 12.2 Å². The van der Waals surface area contributed by atoms with E-state index >= 15 is 0 Å². The van der Waals surface area contributed by atoms with Crippen LogP contribution in [0.25, 0.3) is 0 Å². The standard InChI is InChI=1S/C10H14O2S2/c1-9(11)5-2-3-8-14(12)10-6-4-7-13-10/h4,6-7H,2-3,5,8H2,1H3. The molecule has 1 rings (SSSR count). The van der Waals surface area contributed by atoms with Crippen molar-refractivity contribution in [2.45, 2.75) is 30.4 Å². The predicted molar refractivity (Wildman–Crippen MR) is 60.1 cm³/mol. The van der Waals surface area contributed by atoms with Crippen LogP contribution in [0.3, 0.4) is 0 Å². The van der Waals surface area contributed by atoms with Crippen LogP contribution in [0.15, 0.2) is 21.7 Å². The SMILES string of the molecule is CC(=O)CCCCS(=O)c1cccs1. The van der Waals surface area contributed by atoms with Crippen LogP contribution in [0.1, 0.15) is 26.2 Å². The van der Waals surface area contributed by atoms with Gasteiger partial charge in [-0.25, -0.2) is 0 Å². The van der Waals surface area contributed by atoms with Gasteiger partial charge in [-0.05, 0) is 31.2 Å². The van der Waals surface area contributed by atoms with E-state index in [1.807, 2.05) is 17.5 Å². The van der Waals surface area contributed by atoms with E-state index in [-0.39, 0.29) is 5.78 Å². The highest BCUT2D eigenvalue weighted by Gasteiger charge is 2.04. The summed E-state index contributed by atoms with van der Waals surface area (Å²) in [6.07, 6.45) is 2.33. The van der Waals surface area contributed by atoms with Crippen molar-refractivity contribution in [2.24, 2.45) is 0 Å². The van der Waals surface area contributed by atoms with Crippen LogP contribution in [0, 0.1) is 0 Å². The molecule has 14 heavy (non-hydrogen) atoms. The van der Waals surface area contributed by atoms with Gasteiger partial charge in [-0.2, -0.15) is 0 Å². The van der Waals surface area contributed by atoms with Gasteiger partial charge in [-0.3, -0.25) is 4.21 Å². The summed E-state index contributed by atoms with van der Waals surface area (Å²) in [5.41, 5.74) is 0. The number of unbranched alkanes of at least 4 members (excludes halogenated alkanes) is 1. The Morgan fingerprint density at radius 2 is 2.29 bits per heavy atom. The largest absolute Gasteiger partial charge is 0.300 e. The third-order valence-corrected chi connectivity index (χ3v) is 4.58. The first-order chi connectivity index (χ1) is 6.70. The highest BCUT2D eigenvalue weighted by molar-refractivity contribution is 7.87. The van der Waals surface area contributed by atoms with Gasteiger partial charge in [0.25, 0.3) is 0 Å². The van der Waals surface area contributed by atoms with E-state index < -0.39 is 10.8 Å². The number of carbonyl (C=O) groups is 1. The van der Waals surface area contributed by atoms with Crippen LogP contribution >= 0.6 is 11.3 Å². The lowest BCUT2D eigenvalue weighted by atomic mass is 10.2. The van der Waals surface area contributed by atoms with E-state index in [9.17, 15) is 9.00 Å². The van der Waals surface area contributed by atoms with Crippen LogP contribution in [0.4, 0.5) is 0 Å². The van der Waals surface area contributed by atoms with Gasteiger partial charge >= 0.3 is 0 Å². The molecule has 0 aromatic carbocycles. The van der Waals surface area contributed by atoms with Gasteiger partial charge in [-0.15, -0.1) is 11.3 Å². The molecule has 1 aromatic rings. The highest BCUT2D eigenvalue weighted by Crippen LogP contribution is 2.15. The summed E-state index contributed by atoms with van der Waals surface area (Å²) in [6, 6.07) is 3.80. The number of carbonyl (C=O) groups excluding carboxylic acids is 1. The average Bonchev–Trinajstić information content (AvgIpc) is 2.64. The van der Waals surface area contributed by atoms with Gasteiger partial charge in [0.05, 0.1) is 15.0 Å². The van der Waals surface area contributed by atoms with Gasteiger partial charge in [-0.1, -0.05) is 6.07 Å². The summed E-state index contributed by atoms with van der Waals surface area (Å²) in [7, 11) is -0.860. The second kappa shape index (κ2) is 6.09. The summed E-state index contributed by atoms with van der Waals surface area (Å²) in [6.45, 7) is 1.59. The number of hydrogen-bond acceptors (Lipinski definition) is 3. The van der Waals surface area contributed by atoms with Crippen LogP contribution in [0.2, 0.25) is 0 Å². The van der Waals surface area contributed by atoms with E-state index in [1.165, 1.54) is 11.3 Å². The maximum absolute atomic E-state index is 11.6. The van der Waals surface area contributed by atoms with Gasteiger partial charge in [0, 0.05) is 12.2 Å². The summed E-state index contributed by atoms with van der Waals surface area (Å²) in [5.74, 6) is 0.889. The van der Waals surface area contributed by atoms with Crippen molar-refractivity contribution >= 4 is 27.9 Å². The second-order valence-electron chi connectivity index (χ2n) is 3.14. The quantitative estimate of drug-likeness (QED) is 0.704. The zero-order chi connectivity index (χ0) is 10.4. The smallest absolute Gasteiger partial charge is 0.129 e. The Hall–Kier alpha value is -0.480. The number of rotatable bonds is 6. The molecule has 1 aromatic heterocycles. The molecule has 0 amide bonds. The van der Waals surface area contributed by atoms with Crippen molar-refractivity contribution in [3.63, 3.8) is 0 Å². The topological polar surface area (TPSA) is 34.1 Å². The molecule has 1 unspecified atom stereocenters. The third-order valence-electron chi connectivity index (χ3n) is 1.83. The molecule has 4 heteroatoms. The Balaban J connectivity index is 2.19. The molecule has 0 aliphatic heterocycles. The molecular weight excluding hydrogens is 216 g/mol. The van der Waals surface area contributed by atoms with E-state index in [2.05, 4.69) is 0 Å². The molecular formula is C10H14O2S2. The van der Waals surface area contributed by atoms with Crippen LogP contribution in [-0.2, 0) is 15.6 Å². The van der Waals surface area contributed by atoms with Crippen molar-refractivity contribution < 1.29 is 9.00 Å². The molecule has 0 radical (unpaired) electrons. The molecule has 1 atom stereocenters. The zero-order valence-electron chi connectivity index (χ0n) is 8.19. The van der Waals surface area contributed by atoms with Gasteiger partial charge in [0.1, 0.15) is 5.78 Å². The van der Waals surface area contributed by atoms with Crippen LogP contribution in [0.5, 0.6) is 0 Å². The average molecular weight is 230 g/mol. The maximum atomic E-state index is 11.6. The van der Waals surface area contributed by atoms with Crippen LogP contribution < -0.4 is 0 Å². The second-order valence-corrected chi connectivity index (χ2v) is 5.89. The normalized spacial score (nSPS) is 12.6. The van der Waals surface area contributed by atoms with E-state index in [1.54, 1.807) is 6.92 Å². The first-order valence-electron chi connectivity index (χ1n) is 4.61. The van der Waals surface area contributed by atoms with Gasteiger partial charge < -0.3 is 4.79 Å². The molecule has 0 spiro atoms. The van der Waals surface area contributed by atoms with Crippen molar-refractivity contribution in [3.8, 4) is 0 Å². The van der Waals surface area contributed by atoms with Crippen molar-refractivity contribution in [1.82, 2.24) is 0 Å². The predicted octanol–water partition coefficient (Wildman–Crippen LogP) is 2.62. The zero-order valence-corrected chi connectivity index (χ0v) is 9.83. The molecule has 1 heterocycles. The van der Waals surface area contributed by atoms with Crippen molar-refractivity contribution in [1.29, 1.82) is 0 Å². The first kappa shape index (κ1) is 11.6. The van der Waals surface area contributed by atoms with Crippen molar-refractivity contribution in [3.05, 3.63) is 17.5 Å². The minimum atomic E-state index is -0.860. The Labute approximate surface area is 90.8 Å². The maximum Gasteiger partial charge on any atom is 0.129 e. The summed E-state index contributed by atoms with van der Waals surface area (Å²) < 4.78 is 12.5. The van der Waals surface area contributed by atoms with Gasteiger partial charge in [0.2, 0.25) is 0 Å². The monoisotopic (exact) mass is 230 g/mol. The lowest BCUT2D eigenvalue weighted by molar-refractivity contribution is -0.117. The highest BCUT2D eigenvalue weighted by atomic mass is 32.2. The van der Waals surface area contributed by atoms with Crippen LogP contribution in [-0.4, -0.2) is 15.7 Å². The number of thiophene rings is 1. The molecule has 78 valence electrons.